The molecule has 0 unspecified atom stereocenters. The molecule has 4 aliphatic rings. The molecule has 0 radical (unpaired) electrons. The van der Waals surface area contributed by atoms with E-state index in [9.17, 15) is 52.7 Å². The fourth-order valence-corrected chi connectivity index (χ4v) is 12.6. The fourth-order valence-electron chi connectivity index (χ4n) is 12.6. The molecule has 0 bridgehead atoms. The first kappa shape index (κ1) is 72.9. The van der Waals surface area contributed by atoms with Gasteiger partial charge in [-0.25, -0.2) is 5.06 Å². The number of benzene rings is 1. The van der Waals surface area contributed by atoms with Crippen LogP contribution in [0.3, 0.4) is 0 Å². The molecule has 25 nitrogen and oxygen atoms in total. The van der Waals surface area contributed by atoms with E-state index < -0.39 is 89.6 Å². The van der Waals surface area contributed by atoms with Gasteiger partial charge in [0.05, 0.1) is 49.3 Å². The van der Waals surface area contributed by atoms with E-state index in [1.54, 1.807) is 35.7 Å². The number of rotatable bonds is 34. The number of nitrogens with zero attached hydrogens (tertiary/aromatic N) is 5. The molecule has 89 heavy (non-hydrogen) atoms. The van der Waals surface area contributed by atoms with Crippen LogP contribution in [0.25, 0.3) is 0 Å². The number of hydroxylamine groups is 2. The summed E-state index contributed by atoms with van der Waals surface area (Å²) in [5.74, 6) is -6.78. The molecule has 10 amide bonds. The SMILES string of the molecule is CC[C@H](C)[C@@H]([C@@H](CC(=O)N1CCC[C@H]1[C@H](OC)[C@@H](C)C(=O)N[C@@]1(C(=O)N2CCCCO2)C[C@@H]1c1ccccc1)OC)N(C)C(=O)[C@@H](NC(=O)[C@H](C(C)C)N(C)CCCC(=O)O[C@H](C)[C@H](NC(C)=O)C(=O)NNC(=O)CCCCCN1C(=O)C=CC1=O)C(C)C. The molecule has 0 aromatic heterocycles. The van der Waals surface area contributed by atoms with Crippen molar-refractivity contribution in [2.45, 2.75) is 206 Å². The zero-order valence-electron chi connectivity index (χ0n) is 54.6. The summed E-state index contributed by atoms with van der Waals surface area (Å²) in [6.07, 6.45) is 5.22. The maximum absolute atomic E-state index is 14.8. The van der Waals surface area contributed by atoms with Crippen molar-refractivity contribution in [1.82, 2.24) is 51.5 Å². The number of methoxy groups -OCH3 is 2. The largest absolute Gasteiger partial charge is 0.460 e. The Morgan fingerprint density at radius 2 is 1.45 bits per heavy atom. The first-order chi connectivity index (χ1) is 42.2. The van der Waals surface area contributed by atoms with Crippen molar-refractivity contribution in [2.24, 2.45) is 23.7 Å². The van der Waals surface area contributed by atoms with Crippen molar-refractivity contribution in [1.29, 1.82) is 0 Å². The lowest BCUT2D eigenvalue weighted by Crippen LogP contribution is -2.60. The van der Waals surface area contributed by atoms with Gasteiger partial charge in [0.15, 0.2) is 0 Å². The molecule has 3 heterocycles. The summed E-state index contributed by atoms with van der Waals surface area (Å²) >= 11 is 0. The van der Waals surface area contributed by atoms with E-state index in [0.717, 1.165) is 23.3 Å². The zero-order chi connectivity index (χ0) is 65.9. The third kappa shape index (κ3) is 19.6. The van der Waals surface area contributed by atoms with E-state index in [4.69, 9.17) is 19.0 Å². The number of hydrogen-bond acceptors (Lipinski definition) is 16. The van der Waals surface area contributed by atoms with Gasteiger partial charge in [0.1, 0.15) is 23.7 Å². The number of carbonyl (C=O) groups excluding carboxylic acids is 11. The molecular formula is C64H100N10O15. The number of esters is 1. The molecule has 25 heteroatoms. The predicted molar refractivity (Wildman–Crippen MR) is 329 cm³/mol. The average Bonchev–Trinajstić information content (AvgIpc) is 1.62. The normalized spacial score (nSPS) is 21.3. The van der Waals surface area contributed by atoms with E-state index in [1.807, 2.05) is 71.9 Å². The number of hydrazine groups is 1. The van der Waals surface area contributed by atoms with Gasteiger partial charge in [-0.05, 0) is 95.2 Å². The number of amides is 10. The molecule has 3 aliphatic heterocycles. The summed E-state index contributed by atoms with van der Waals surface area (Å²) in [4.78, 5) is 159. The Balaban J connectivity index is 1.15. The quantitative estimate of drug-likeness (QED) is 0.0286. The minimum atomic E-state index is -1.36. The lowest BCUT2D eigenvalue weighted by Gasteiger charge is -2.41. The van der Waals surface area contributed by atoms with Crippen molar-refractivity contribution in [3.8, 4) is 0 Å². The highest BCUT2D eigenvalue weighted by Crippen LogP contribution is 2.53. The van der Waals surface area contributed by atoms with Crippen molar-refractivity contribution >= 4 is 65.0 Å². The minimum absolute atomic E-state index is 0.0292. The van der Waals surface area contributed by atoms with Gasteiger partial charge in [-0.15, -0.1) is 0 Å². The number of carbonyl (C=O) groups is 11. The first-order valence-electron chi connectivity index (χ1n) is 31.8. The molecule has 2 saturated heterocycles. The molecule has 1 aliphatic carbocycles. The Labute approximate surface area is 525 Å². The number of hydrogen-bond donors (Lipinski definition) is 5. The monoisotopic (exact) mass is 1250 g/mol. The van der Waals surface area contributed by atoms with E-state index in [1.165, 1.54) is 45.3 Å². The number of unbranched alkanes of at least 4 members (excludes halogenated alkanes) is 2. The van der Waals surface area contributed by atoms with Crippen LogP contribution in [0.4, 0.5) is 0 Å². The Bertz CT molecular complexity index is 2630. The standard InChI is InChI=1S/C64H100N10O15/c1-14-41(6)57(48(86-12)37-52(79)72-34-23-27-47(72)58(87-13)42(7)59(81)67-64(63(85)74-35-21-22-36-88-74)38-46(64)45-25-17-15-18-26-45)71(11)62(84)54(39(2)3)66-61(83)56(40(4)5)70(10)32-24-29-53(80)89-43(8)55(65-44(9)75)60(82)69-68-49(76)28-19-16-20-33-73-50(77)30-31-51(73)78/h15,17-18,25-26,30-31,39-43,46-48,54-58H,14,16,19-24,27-29,32-38H2,1-13H3,(H,65,75)(H,66,83)(H,67,81)(H,68,76)(H,69,82)/t41-,42+,43+,46+,47-,48+,54-,55-,56-,57-,58+,64-/m0/s1. The Hall–Kier alpha value is -6.83. The Morgan fingerprint density at radius 3 is 2.04 bits per heavy atom. The highest BCUT2D eigenvalue weighted by atomic mass is 16.7. The number of ether oxygens (including phenoxy) is 3. The number of likely N-dealkylation sites (N-methyl/N-ethyl adjacent to an activating group) is 2. The van der Waals surface area contributed by atoms with Crippen LogP contribution in [0.15, 0.2) is 42.5 Å². The third-order valence-electron chi connectivity index (χ3n) is 17.8. The molecule has 5 N–H and O–H groups in total. The summed E-state index contributed by atoms with van der Waals surface area (Å²) in [6, 6.07) is 5.49. The Kier molecular flexibility index (Phi) is 28.2. The van der Waals surface area contributed by atoms with Gasteiger partial charge in [0.2, 0.25) is 35.4 Å². The first-order valence-corrected chi connectivity index (χ1v) is 31.8. The number of likely N-dealkylation sites (tertiary alicyclic amines) is 1. The van der Waals surface area contributed by atoms with Gasteiger partial charge >= 0.3 is 5.97 Å². The van der Waals surface area contributed by atoms with Gasteiger partial charge < -0.3 is 40.0 Å². The predicted octanol–water partition coefficient (Wildman–Crippen LogP) is 3.45. The molecule has 1 aromatic rings. The van der Waals surface area contributed by atoms with Crippen molar-refractivity contribution in [3.05, 3.63) is 48.0 Å². The smallest absolute Gasteiger partial charge is 0.306 e. The average molecular weight is 1250 g/mol. The zero-order valence-corrected chi connectivity index (χ0v) is 54.6. The van der Waals surface area contributed by atoms with E-state index >= 15 is 0 Å². The molecule has 3 fully saturated rings. The summed E-state index contributed by atoms with van der Waals surface area (Å²) in [5.41, 5.74) is 4.32. The molecule has 1 saturated carbocycles. The summed E-state index contributed by atoms with van der Waals surface area (Å²) in [5, 5.41) is 10.0. The lowest BCUT2D eigenvalue weighted by molar-refractivity contribution is -0.200. The number of imide groups is 1. The van der Waals surface area contributed by atoms with E-state index in [0.29, 0.717) is 64.6 Å². The maximum atomic E-state index is 14.8. The van der Waals surface area contributed by atoms with Crippen LogP contribution in [0.5, 0.6) is 0 Å². The second-order valence-electron chi connectivity index (χ2n) is 25.1. The van der Waals surface area contributed by atoms with Crippen molar-refractivity contribution in [2.75, 3.05) is 61.1 Å². The summed E-state index contributed by atoms with van der Waals surface area (Å²) in [6.45, 7) is 17.6. The molecular weight excluding hydrogens is 1150 g/mol. The fraction of sp³-hybridized carbons (Fsp3) is 0.703. The maximum Gasteiger partial charge on any atom is 0.306 e. The highest BCUT2D eigenvalue weighted by Gasteiger charge is 2.64. The van der Waals surface area contributed by atoms with Gasteiger partial charge in [-0.2, -0.15) is 0 Å². The van der Waals surface area contributed by atoms with Crippen LogP contribution in [-0.4, -0.2) is 205 Å². The topological polar surface area (TPSA) is 301 Å². The molecule has 1 aromatic carbocycles. The van der Waals surface area contributed by atoms with Crippen LogP contribution in [0.2, 0.25) is 0 Å². The van der Waals surface area contributed by atoms with Crippen LogP contribution in [-0.2, 0) is 71.8 Å². The van der Waals surface area contributed by atoms with Gasteiger partial charge in [-0.3, -0.25) is 78.2 Å². The van der Waals surface area contributed by atoms with Gasteiger partial charge in [-0.1, -0.05) is 91.6 Å². The van der Waals surface area contributed by atoms with Crippen LogP contribution < -0.4 is 26.8 Å². The summed E-state index contributed by atoms with van der Waals surface area (Å²) in [7, 11) is 6.45. The van der Waals surface area contributed by atoms with Crippen LogP contribution in [0, 0.1) is 23.7 Å². The third-order valence-corrected chi connectivity index (χ3v) is 17.8. The van der Waals surface area contributed by atoms with Gasteiger partial charge in [0.25, 0.3) is 23.6 Å². The summed E-state index contributed by atoms with van der Waals surface area (Å²) < 4.78 is 17.8. The highest BCUT2D eigenvalue weighted by molar-refractivity contribution is 6.12. The molecule has 5 rings (SSSR count). The lowest BCUT2D eigenvalue weighted by atomic mass is 9.89. The van der Waals surface area contributed by atoms with Crippen molar-refractivity contribution in [3.63, 3.8) is 0 Å². The number of nitrogens with one attached hydrogen (secondary N) is 5. The van der Waals surface area contributed by atoms with E-state index in [2.05, 4.69) is 26.8 Å². The second kappa shape index (κ2) is 34.4. The van der Waals surface area contributed by atoms with E-state index in [-0.39, 0.29) is 97.9 Å². The van der Waals surface area contributed by atoms with Crippen LogP contribution in [0.1, 0.15) is 157 Å². The Morgan fingerprint density at radius 1 is 0.764 bits per heavy atom. The van der Waals surface area contributed by atoms with Crippen molar-refractivity contribution < 1.29 is 71.8 Å². The van der Waals surface area contributed by atoms with Crippen LogP contribution >= 0.6 is 0 Å². The minimum Gasteiger partial charge on any atom is -0.460 e. The molecule has 496 valence electrons. The molecule has 12 atom stereocenters. The second-order valence-corrected chi connectivity index (χ2v) is 25.1. The van der Waals surface area contributed by atoms with Gasteiger partial charge in [0, 0.05) is 78.7 Å². The molecule has 0 spiro atoms.